The second-order valence-electron chi connectivity index (χ2n) is 10.1. The SMILES string of the molecule is CC(C)CCOc1ccc2c(c1)CN(Cc1cccc(C(=O)N(C)C3CCCCC3)c1)C(N)=N2. The van der Waals surface area contributed by atoms with E-state index in [1.165, 1.54) is 19.3 Å². The van der Waals surface area contributed by atoms with E-state index in [9.17, 15) is 4.79 Å². The predicted octanol–water partition coefficient (Wildman–Crippen LogP) is 5.48. The number of ether oxygens (including phenoxy) is 1. The van der Waals surface area contributed by atoms with Gasteiger partial charge in [-0.3, -0.25) is 4.79 Å². The number of hydrogen-bond donors (Lipinski definition) is 1. The first-order valence-corrected chi connectivity index (χ1v) is 12.6. The molecule has 2 N–H and O–H groups in total. The van der Waals surface area contributed by atoms with E-state index in [1.54, 1.807) is 0 Å². The molecule has 2 aliphatic rings. The van der Waals surface area contributed by atoms with E-state index in [4.69, 9.17) is 10.5 Å². The summed E-state index contributed by atoms with van der Waals surface area (Å²) in [7, 11) is 1.94. The third kappa shape index (κ3) is 5.91. The van der Waals surface area contributed by atoms with Gasteiger partial charge in [-0.2, -0.15) is 0 Å². The highest BCUT2D eigenvalue weighted by molar-refractivity contribution is 5.94. The second kappa shape index (κ2) is 10.9. The minimum Gasteiger partial charge on any atom is -0.494 e. The fourth-order valence-corrected chi connectivity index (χ4v) is 4.78. The van der Waals surface area contributed by atoms with E-state index in [0.717, 1.165) is 47.4 Å². The summed E-state index contributed by atoms with van der Waals surface area (Å²) in [6, 6.07) is 14.3. The fourth-order valence-electron chi connectivity index (χ4n) is 4.78. The normalized spacial score (nSPS) is 16.2. The van der Waals surface area contributed by atoms with Crippen LogP contribution in [-0.2, 0) is 13.1 Å². The molecule has 182 valence electrons. The van der Waals surface area contributed by atoms with Gasteiger partial charge in [0.25, 0.3) is 5.91 Å². The number of benzene rings is 2. The molecule has 1 amide bonds. The predicted molar refractivity (Wildman–Crippen MR) is 137 cm³/mol. The van der Waals surface area contributed by atoms with Gasteiger partial charge in [-0.05, 0) is 61.1 Å². The number of carbonyl (C=O) groups excluding carboxylic acids is 1. The molecule has 34 heavy (non-hydrogen) atoms. The zero-order chi connectivity index (χ0) is 24.1. The first kappa shape index (κ1) is 24.1. The standard InChI is InChI=1S/C28H38N4O2/c1-20(2)14-15-34-25-12-13-26-23(17-25)19-32(28(29)30-26)18-21-8-7-9-22(16-21)27(33)31(3)24-10-5-4-6-11-24/h7-9,12-13,16-17,20,24H,4-6,10-11,14-15,18-19H2,1-3H3,(H2,29,30). The third-order valence-corrected chi connectivity index (χ3v) is 6.93. The van der Waals surface area contributed by atoms with Crippen LogP contribution >= 0.6 is 0 Å². The van der Waals surface area contributed by atoms with Crippen molar-refractivity contribution >= 4 is 17.6 Å². The first-order valence-electron chi connectivity index (χ1n) is 12.6. The largest absolute Gasteiger partial charge is 0.494 e. The molecular formula is C28H38N4O2. The van der Waals surface area contributed by atoms with E-state index in [-0.39, 0.29) is 5.91 Å². The van der Waals surface area contributed by atoms with Crippen LogP contribution in [0.3, 0.4) is 0 Å². The quantitative estimate of drug-likeness (QED) is 0.564. The summed E-state index contributed by atoms with van der Waals surface area (Å²) in [6.07, 6.45) is 6.93. The highest BCUT2D eigenvalue weighted by atomic mass is 16.5. The zero-order valence-electron chi connectivity index (χ0n) is 20.8. The number of amides is 1. The summed E-state index contributed by atoms with van der Waals surface area (Å²) in [5, 5.41) is 0. The van der Waals surface area contributed by atoms with Crippen LogP contribution in [0.1, 0.15) is 73.9 Å². The molecule has 0 atom stereocenters. The number of nitrogens with zero attached hydrogens (tertiary/aromatic N) is 3. The van der Waals surface area contributed by atoms with E-state index in [0.29, 0.717) is 37.6 Å². The Kier molecular flexibility index (Phi) is 7.76. The average Bonchev–Trinajstić information content (AvgIpc) is 2.84. The van der Waals surface area contributed by atoms with Gasteiger partial charge in [-0.25, -0.2) is 4.99 Å². The highest BCUT2D eigenvalue weighted by Crippen LogP contribution is 2.30. The van der Waals surface area contributed by atoms with E-state index >= 15 is 0 Å². The zero-order valence-corrected chi connectivity index (χ0v) is 20.8. The van der Waals surface area contributed by atoms with Crippen LogP contribution < -0.4 is 10.5 Å². The van der Waals surface area contributed by atoms with Crippen molar-refractivity contribution in [2.24, 2.45) is 16.6 Å². The van der Waals surface area contributed by atoms with Crippen molar-refractivity contribution in [1.29, 1.82) is 0 Å². The molecule has 1 fully saturated rings. The van der Waals surface area contributed by atoms with Crippen LogP contribution in [0.5, 0.6) is 5.75 Å². The average molecular weight is 463 g/mol. The van der Waals surface area contributed by atoms with Crippen molar-refractivity contribution in [2.75, 3.05) is 13.7 Å². The Morgan fingerprint density at radius 1 is 1.18 bits per heavy atom. The van der Waals surface area contributed by atoms with E-state index < -0.39 is 0 Å². The Balaban J connectivity index is 1.43. The monoisotopic (exact) mass is 462 g/mol. The van der Waals surface area contributed by atoms with Crippen LogP contribution in [0, 0.1) is 5.92 Å². The molecule has 0 radical (unpaired) electrons. The Labute approximate surface area is 203 Å². The molecule has 0 spiro atoms. The molecule has 0 aromatic heterocycles. The Morgan fingerprint density at radius 2 is 1.97 bits per heavy atom. The minimum absolute atomic E-state index is 0.0996. The molecule has 1 heterocycles. The van der Waals surface area contributed by atoms with E-state index in [2.05, 4.69) is 29.8 Å². The number of nitrogens with two attached hydrogens (primary N) is 1. The molecule has 0 saturated heterocycles. The molecule has 0 unspecified atom stereocenters. The molecule has 0 bridgehead atoms. The number of hydrogen-bond acceptors (Lipinski definition) is 5. The maximum Gasteiger partial charge on any atom is 0.253 e. The van der Waals surface area contributed by atoms with Gasteiger partial charge in [0.1, 0.15) is 5.75 Å². The molecule has 1 aliphatic carbocycles. The van der Waals surface area contributed by atoms with Crippen molar-refractivity contribution in [2.45, 2.75) is 71.5 Å². The summed E-state index contributed by atoms with van der Waals surface area (Å²) < 4.78 is 5.94. The maximum atomic E-state index is 13.1. The van der Waals surface area contributed by atoms with Gasteiger partial charge < -0.3 is 20.3 Å². The lowest BCUT2D eigenvalue weighted by molar-refractivity contribution is 0.0696. The van der Waals surface area contributed by atoms with Crippen LogP contribution in [-0.4, -0.2) is 41.4 Å². The van der Waals surface area contributed by atoms with Crippen LogP contribution in [0.25, 0.3) is 0 Å². The molecular weight excluding hydrogens is 424 g/mol. The summed E-state index contributed by atoms with van der Waals surface area (Å²) in [5.41, 5.74) is 10.1. The van der Waals surface area contributed by atoms with Gasteiger partial charge in [0.05, 0.1) is 12.3 Å². The van der Waals surface area contributed by atoms with Gasteiger partial charge in [0.15, 0.2) is 5.96 Å². The summed E-state index contributed by atoms with van der Waals surface area (Å²) in [5.74, 6) is 2.08. The molecule has 4 rings (SSSR count). The van der Waals surface area contributed by atoms with E-state index in [1.807, 2.05) is 48.3 Å². The van der Waals surface area contributed by atoms with Crippen molar-refractivity contribution in [3.8, 4) is 5.75 Å². The van der Waals surface area contributed by atoms with Crippen molar-refractivity contribution in [3.05, 3.63) is 59.2 Å². The number of fused-ring (bicyclic) bond motifs is 1. The van der Waals surface area contributed by atoms with Crippen molar-refractivity contribution in [3.63, 3.8) is 0 Å². The summed E-state index contributed by atoms with van der Waals surface area (Å²) in [6.45, 7) is 6.36. The van der Waals surface area contributed by atoms with Gasteiger partial charge in [-0.1, -0.05) is 45.2 Å². The van der Waals surface area contributed by atoms with Crippen LogP contribution in [0.15, 0.2) is 47.5 Å². The second-order valence-corrected chi connectivity index (χ2v) is 10.1. The Morgan fingerprint density at radius 3 is 2.74 bits per heavy atom. The maximum absolute atomic E-state index is 13.1. The number of carbonyl (C=O) groups is 1. The topological polar surface area (TPSA) is 71.2 Å². The van der Waals surface area contributed by atoms with Crippen LogP contribution in [0.2, 0.25) is 0 Å². The Bertz CT molecular complexity index is 1030. The van der Waals surface area contributed by atoms with Gasteiger partial charge in [0, 0.05) is 37.3 Å². The summed E-state index contributed by atoms with van der Waals surface area (Å²) >= 11 is 0. The minimum atomic E-state index is 0.0996. The van der Waals surface area contributed by atoms with Gasteiger partial charge in [-0.15, -0.1) is 0 Å². The van der Waals surface area contributed by atoms with Crippen molar-refractivity contribution in [1.82, 2.24) is 9.80 Å². The lowest BCUT2D eigenvalue weighted by Crippen LogP contribution is -2.39. The molecule has 2 aromatic carbocycles. The smallest absolute Gasteiger partial charge is 0.253 e. The summed E-state index contributed by atoms with van der Waals surface area (Å²) in [4.78, 5) is 21.7. The molecule has 6 heteroatoms. The number of guanidine groups is 1. The van der Waals surface area contributed by atoms with Gasteiger partial charge in [0.2, 0.25) is 0 Å². The number of aliphatic imine (C=N–C) groups is 1. The lowest BCUT2D eigenvalue weighted by atomic mass is 9.94. The third-order valence-electron chi connectivity index (χ3n) is 6.93. The molecule has 1 aliphatic heterocycles. The first-order chi connectivity index (χ1) is 16.4. The van der Waals surface area contributed by atoms with Gasteiger partial charge >= 0.3 is 0 Å². The van der Waals surface area contributed by atoms with Crippen LogP contribution in [0.4, 0.5) is 5.69 Å². The Hall–Kier alpha value is -3.02. The molecule has 2 aromatic rings. The highest BCUT2D eigenvalue weighted by Gasteiger charge is 2.24. The molecule has 1 saturated carbocycles. The lowest BCUT2D eigenvalue weighted by Gasteiger charge is -2.31. The molecule has 6 nitrogen and oxygen atoms in total. The number of rotatable bonds is 8. The fraction of sp³-hybridized carbons (Fsp3) is 0.500. The van der Waals surface area contributed by atoms with Crippen molar-refractivity contribution < 1.29 is 9.53 Å².